The molecule has 0 spiro atoms. The number of pyridine rings is 1. The molecule has 0 radical (unpaired) electrons. The van der Waals surface area contributed by atoms with E-state index in [1.807, 2.05) is 0 Å². The summed E-state index contributed by atoms with van der Waals surface area (Å²) in [6.45, 7) is 1.92. The van der Waals surface area contributed by atoms with E-state index in [1.165, 1.54) is 6.07 Å². The van der Waals surface area contributed by atoms with Crippen LogP contribution in [0, 0.1) is 0 Å². The first-order chi connectivity index (χ1) is 8.55. The number of rotatable bonds is 2. The van der Waals surface area contributed by atoms with Crippen LogP contribution in [0.1, 0.15) is 24.8 Å². The smallest absolute Gasteiger partial charge is 0.316 e. The van der Waals surface area contributed by atoms with Crippen molar-refractivity contribution in [2.24, 2.45) is 0 Å². The van der Waals surface area contributed by atoms with Crippen molar-refractivity contribution in [1.29, 1.82) is 0 Å². The average Bonchev–Trinajstić information content (AvgIpc) is 2.57. The van der Waals surface area contributed by atoms with Crippen LogP contribution < -0.4 is 5.32 Å². The van der Waals surface area contributed by atoms with Gasteiger partial charge in [-0.3, -0.25) is 0 Å². The van der Waals surface area contributed by atoms with E-state index in [9.17, 15) is 13.2 Å². The van der Waals surface area contributed by atoms with Crippen molar-refractivity contribution in [2.75, 3.05) is 13.1 Å². The number of nitrogens with zero attached hydrogens (tertiary/aromatic N) is 1. The molecule has 1 saturated heterocycles. The predicted octanol–water partition coefficient (Wildman–Crippen LogP) is 3.33. The molecule has 1 unspecified atom stereocenters. The van der Waals surface area contributed by atoms with Crippen LogP contribution in [0.5, 0.6) is 0 Å². The highest BCUT2D eigenvalue weighted by atomic mass is 32.2. The van der Waals surface area contributed by atoms with Crippen LogP contribution in [0.25, 0.3) is 0 Å². The summed E-state index contributed by atoms with van der Waals surface area (Å²) < 4.78 is 37.1. The van der Waals surface area contributed by atoms with Crippen molar-refractivity contribution in [3.63, 3.8) is 0 Å². The highest BCUT2D eigenvalue weighted by Gasteiger charge is 2.30. The molecule has 1 N–H and O–H groups in total. The molecular weight excluding hydrogens is 261 g/mol. The first-order valence-corrected chi connectivity index (χ1v) is 6.84. The maximum absolute atomic E-state index is 12.4. The third-order valence-electron chi connectivity index (χ3n) is 2.85. The third-order valence-corrected chi connectivity index (χ3v) is 4.07. The zero-order chi connectivity index (χ0) is 13.0. The van der Waals surface area contributed by atoms with Gasteiger partial charge in [-0.05, 0) is 31.5 Å². The number of hydrogen-bond acceptors (Lipinski definition) is 3. The molecular formula is C12H15F3N2S. The fourth-order valence-electron chi connectivity index (χ4n) is 1.88. The zero-order valence-electron chi connectivity index (χ0n) is 9.83. The maximum atomic E-state index is 12.4. The molecule has 1 atom stereocenters. The average molecular weight is 276 g/mol. The molecule has 2 heterocycles. The Balaban J connectivity index is 1.97. The van der Waals surface area contributed by atoms with Gasteiger partial charge in [-0.2, -0.15) is 13.2 Å². The number of nitrogens with one attached hydrogen (secondary N) is 1. The van der Waals surface area contributed by atoms with Gasteiger partial charge in [0.25, 0.3) is 0 Å². The summed E-state index contributed by atoms with van der Waals surface area (Å²) in [6, 6.07) is 2.55. The van der Waals surface area contributed by atoms with Crippen LogP contribution in [0.4, 0.5) is 13.2 Å². The minimum absolute atomic E-state index is 0.400. The second-order valence-corrected chi connectivity index (χ2v) is 5.64. The van der Waals surface area contributed by atoms with Gasteiger partial charge < -0.3 is 5.32 Å². The minimum Gasteiger partial charge on any atom is -0.316 e. The Labute approximate surface area is 108 Å². The molecule has 18 heavy (non-hydrogen) atoms. The van der Waals surface area contributed by atoms with E-state index in [2.05, 4.69) is 10.3 Å². The van der Waals surface area contributed by atoms with Crippen molar-refractivity contribution in [3.05, 3.63) is 23.9 Å². The molecule has 1 aromatic heterocycles. The second-order valence-electron chi connectivity index (χ2n) is 4.32. The number of hydrogen-bond donors (Lipinski definition) is 1. The Bertz CT molecular complexity index is 370. The Morgan fingerprint density at radius 3 is 2.78 bits per heavy atom. The van der Waals surface area contributed by atoms with Crippen LogP contribution >= 0.6 is 11.8 Å². The van der Waals surface area contributed by atoms with E-state index in [-0.39, 0.29) is 0 Å². The lowest BCUT2D eigenvalue weighted by Crippen LogP contribution is -2.22. The van der Waals surface area contributed by atoms with E-state index >= 15 is 0 Å². The largest absolute Gasteiger partial charge is 0.417 e. The van der Waals surface area contributed by atoms with Gasteiger partial charge in [-0.1, -0.05) is 6.42 Å². The van der Waals surface area contributed by atoms with Crippen molar-refractivity contribution >= 4 is 11.8 Å². The summed E-state index contributed by atoms with van der Waals surface area (Å²) >= 11 is 1.56. The van der Waals surface area contributed by atoms with Crippen LogP contribution in [0.3, 0.4) is 0 Å². The number of thioether (sulfide) groups is 1. The normalized spacial score (nSPS) is 21.6. The lowest BCUT2D eigenvalue weighted by molar-refractivity contribution is -0.137. The summed E-state index contributed by atoms with van der Waals surface area (Å²) in [4.78, 5) is 3.89. The lowest BCUT2D eigenvalue weighted by atomic mass is 10.2. The van der Waals surface area contributed by atoms with Gasteiger partial charge in [0, 0.05) is 18.0 Å². The summed E-state index contributed by atoms with van der Waals surface area (Å²) in [5, 5.41) is 4.39. The molecule has 2 nitrogen and oxygen atoms in total. The van der Waals surface area contributed by atoms with E-state index in [0.29, 0.717) is 10.3 Å². The summed E-state index contributed by atoms with van der Waals surface area (Å²) in [6.07, 6.45) is 0.00963. The molecule has 0 amide bonds. The molecule has 2 rings (SSSR count). The van der Waals surface area contributed by atoms with Crippen LogP contribution in [-0.2, 0) is 6.18 Å². The van der Waals surface area contributed by atoms with Crippen molar-refractivity contribution < 1.29 is 13.2 Å². The van der Waals surface area contributed by atoms with Crippen LogP contribution in [0.2, 0.25) is 0 Å². The van der Waals surface area contributed by atoms with E-state index in [1.54, 1.807) is 11.8 Å². The number of alkyl halides is 3. The molecule has 1 fully saturated rings. The van der Waals surface area contributed by atoms with E-state index in [4.69, 9.17) is 0 Å². The SMILES string of the molecule is FC(F)(F)c1ccc(SC2CCCCNC2)nc1. The lowest BCUT2D eigenvalue weighted by Gasteiger charge is -2.13. The Hall–Kier alpha value is -0.750. The number of aromatic nitrogens is 1. The van der Waals surface area contributed by atoms with Gasteiger partial charge in [-0.25, -0.2) is 4.98 Å². The van der Waals surface area contributed by atoms with Gasteiger partial charge in [-0.15, -0.1) is 11.8 Å². The first kappa shape index (κ1) is 13.7. The van der Waals surface area contributed by atoms with Crippen LogP contribution in [0.15, 0.2) is 23.4 Å². The number of halogens is 3. The van der Waals surface area contributed by atoms with Gasteiger partial charge in [0.1, 0.15) is 0 Å². The van der Waals surface area contributed by atoms with E-state index < -0.39 is 11.7 Å². The monoisotopic (exact) mass is 276 g/mol. The molecule has 1 aromatic rings. The Morgan fingerprint density at radius 1 is 1.28 bits per heavy atom. The maximum Gasteiger partial charge on any atom is 0.417 e. The standard InChI is InChI=1S/C12H15F3N2S/c13-12(14,15)9-4-5-11(17-7-9)18-10-3-1-2-6-16-8-10/h4-5,7,10,16H,1-3,6,8H2. The topological polar surface area (TPSA) is 24.9 Å². The molecule has 0 bridgehead atoms. The molecule has 100 valence electrons. The van der Waals surface area contributed by atoms with Gasteiger partial charge in [0.2, 0.25) is 0 Å². The summed E-state index contributed by atoms with van der Waals surface area (Å²) in [7, 11) is 0. The molecule has 0 aromatic carbocycles. The van der Waals surface area contributed by atoms with Crippen LogP contribution in [-0.4, -0.2) is 23.3 Å². The molecule has 0 aliphatic carbocycles. The van der Waals surface area contributed by atoms with Crippen molar-refractivity contribution in [2.45, 2.75) is 35.7 Å². The Morgan fingerprint density at radius 2 is 2.11 bits per heavy atom. The van der Waals surface area contributed by atoms with Crippen molar-refractivity contribution in [1.82, 2.24) is 10.3 Å². The molecule has 0 saturated carbocycles. The third kappa shape index (κ3) is 3.88. The second kappa shape index (κ2) is 5.93. The van der Waals surface area contributed by atoms with E-state index in [0.717, 1.165) is 44.6 Å². The molecule has 6 heteroatoms. The fraction of sp³-hybridized carbons (Fsp3) is 0.583. The first-order valence-electron chi connectivity index (χ1n) is 5.96. The summed E-state index contributed by atoms with van der Waals surface area (Å²) in [5.74, 6) is 0. The minimum atomic E-state index is -4.31. The fourth-order valence-corrected chi connectivity index (χ4v) is 2.96. The zero-order valence-corrected chi connectivity index (χ0v) is 10.7. The van der Waals surface area contributed by atoms with Gasteiger partial charge in [0.05, 0.1) is 10.6 Å². The quantitative estimate of drug-likeness (QED) is 0.897. The Kier molecular flexibility index (Phi) is 4.50. The molecule has 1 aliphatic heterocycles. The van der Waals surface area contributed by atoms with Gasteiger partial charge in [0.15, 0.2) is 0 Å². The highest BCUT2D eigenvalue weighted by molar-refractivity contribution is 7.99. The predicted molar refractivity (Wildman–Crippen MR) is 65.6 cm³/mol. The van der Waals surface area contributed by atoms with Crippen molar-refractivity contribution in [3.8, 4) is 0 Å². The molecule has 1 aliphatic rings. The summed E-state index contributed by atoms with van der Waals surface area (Å²) in [5.41, 5.74) is -0.689. The highest BCUT2D eigenvalue weighted by Crippen LogP contribution is 2.31. The van der Waals surface area contributed by atoms with Gasteiger partial charge >= 0.3 is 6.18 Å².